The first-order chi connectivity index (χ1) is 5.68. The third-order valence-corrected chi connectivity index (χ3v) is 2.47. The van der Waals surface area contributed by atoms with E-state index in [-0.39, 0.29) is 40.5 Å². The molecule has 0 aromatic heterocycles. The molecule has 0 aromatic rings. The summed E-state index contributed by atoms with van der Waals surface area (Å²) in [5.74, 6) is 0. The topological polar surface area (TPSA) is 98.8 Å². The Balaban J connectivity index is -0.000000480. The Labute approximate surface area is 123 Å². The van der Waals surface area contributed by atoms with Crippen molar-refractivity contribution in [1.29, 1.82) is 5.26 Å². The molecule has 0 spiro atoms. The van der Waals surface area contributed by atoms with Gasteiger partial charge in [-0.15, -0.1) is 0 Å². The number of hydrogen-bond acceptors (Lipinski definition) is 3. The van der Waals surface area contributed by atoms with Crippen LogP contribution in [0.2, 0.25) is 0 Å². The summed E-state index contributed by atoms with van der Waals surface area (Å²) in [6.07, 6.45) is 5.16. The van der Waals surface area contributed by atoms with Gasteiger partial charge in [0.25, 0.3) is 0 Å². The second-order valence-corrected chi connectivity index (χ2v) is 4.24. The van der Waals surface area contributed by atoms with Crippen molar-refractivity contribution in [3.05, 3.63) is 0 Å². The molecule has 1 aliphatic carbocycles. The predicted octanol–water partition coefficient (Wildman–Crippen LogP) is -3.01. The number of thiocarbonyl (C=S) groups is 1. The van der Waals surface area contributed by atoms with Gasteiger partial charge in [0.2, 0.25) is 0 Å². The molecule has 0 bridgehead atoms. The van der Waals surface area contributed by atoms with Crippen LogP contribution in [-0.2, 0) is 12.6 Å². The van der Waals surface area contributed by atoms with E-state index in [0.717, 1.165) is 25.7 Å². The van der Waals surface area contributed by atoms with Gasteiger partial charge in [-0.3, -0.25) is 0 Å². The Morgan fingerprint density at radius 2 is 1.73 bits per heavy atom. The van der Waals surface area contributed by atoms with Crippen LogP contribution in [0.3, 0.4) is 0 Å². The van der Waals surface area contributed by atoms with Crippen molar-refractivity contribution in [3.63, 3.8) is 0 Å². The van der Waals surface area contributed by atoms with Crippen LogP contribution < -0.4 is 34.9 Å². The van der Waals surface area contributed by atoms with E-state index in [1.54, 1.807) is 0 Å². The normalized spacial score (nSPS) is 16.7. The molecule has 0 aromatic carbocycles. The van der Waals surface area contributed by atoms with Gasteiger partial charge in [-0.05, 0) is 12.8 Å². The van der Waals surface area contributed by atoms with E-state index in [0.29, 0.717) is 4.32 Å². The van der Waals surface area contributed by atoms with E-state index >= 15 is 0 Å². The molecular formula is C8H15N2NaO2S2. The van der Waals surface area contributed by atoms with Crippen molar-refractivity contribution in [2.24, 2.45) is 0 Å². The minimum atomic E-state index is -0.447. The van der Waals surface area contributed by atoms with Crippen LogP contribution in [0.4, 0.5) is 0 Å². The van der Waals surface area contributed by atoms with Crippen LogP contribution in [0.5, 0.6) is 0 Å². The smallest absolute Gasteiger partial charge is 0.412 e. The number of hydrogen-bond donors (Lipinski definition) is 1. The molecule has 7 heteroatoms. The minimum absolute atomic E-state index is 0. The first-order valence-electron chi connectivity index (χ1n) is 4.09. The third-order valence-electron chi connectivity index (χ3n) is 2.26. The third kappa shape index (κ3) is 6.64. The van der Waals surface area contributed by atoms with Gasteiger partial charge in [0, 0.05) is 0 Å². The standard InChI is InChI=1S/C8H12N2S2.Na.2H2O/c9-6-8(10-7(11)12)4-2-1-3-5-8;;;/h1-5H2,(H2,10,11,12);;2*1H2/q;+1;;/p-1. The van der Waals surface area contributed by atoms with Crippen molar-refractivity contribution in [3.8, 4) is 6.07 Å². The number of nitrogens with one attached hydrogen (secondary N) is 1. The second-order valence-electron chi connectivity index (χ2n) is 3.17. The van der Waals surface area contributed by atoms with Gasteiger partial charge in [0.05, 0.1) is 6.07 Å². The fourth-order valence-corrected chi connectivity index (χ4v) is 2.01. The Morgan fingerprint density at radius 1 is 1.27 bits per heavy atom. The van der Waals surface area contributed by atoms with Crippen molar-refractivity contribution in [2.45, 2.75) is 37.6 Å². The van der Waals surface area contributed by atoms with Gasteiger partial charge >= 0.3 is 29.6 Å². The molecule has 1 rings (SSSR count). The molecule has 82 valence electrons. The van der Waals surface area contributed by atoms with E-state index in [9.17, 15) is 0 Å². The molecule has 0 atom stereocenters. The fraction of sp³-hybridized carbons (Fsp3) is 0.750. The maximum Gasteiger partial charge on any atom is 1.00 e. The molecule has 0 aliphatic heterocycles. The van der Waals surface area contributed by atoms with Gasteiger partial charge in [0.15, 0.2) is 0 Å². The van der Waals surface area contributed by atoms with Crippen molar-refractivity contribution in [1.82, 2.24) is 5.32 Å². The molecule has 5 N–H and O–H groups in total. The summed E-state index contributed by atoms with van der Waals surface area (Å²) in [7, 11) is 0. The summed E-state index contributed by atoms with van der Waals surface area (Å²) in [5.41, 5.74) is -0.447. The summed E-state index contributed by atoms with van der Waals surface area (Å²) in [4.78, 5) is 0. The molecule has 1 aliphatic rings. The molecule has 1 fully saturated rings. The van der Waals surface area contributed by atoms with Crippen molar-refractivity contribution in [2.75, 3.05) is 0 Å². The zero-order chi connectivity index (χ0) is 9.03. The summed E-state index contributed by atoms with van der Waals surface area (Å²) >= 11 is 9.53. The average Bonchev–Trinajstić information content (AvgIpc) is 2.05. The number of nitrogens with zero attached hydrogens (tertiary/aromatic N) is 1. The van der Waals surface area contributed by atoms with E-state index in [4.69, 9.17) is 30.1 Å². The van der Waals surface area contributed by atoms with Crippen molar-refractivity contribution < 1.29 is 40.5 Å². The SMILES string of the molecule is N#CC1(NC(=S)[S-])CCCCC1.O.O.[Na+]. The van der Waals surface area contributed by atoms with Gasteiger partial charge in [-0.1, -0.05) is 23.6 Å². The molecule has 0 radical (unpaired) electrons. The zero-order valence-electron chi connectivity index (χ0n) is 8.80. The van der Waals surface area contributed by atoms with Crippen LogP contribution in [0.25, 0.3) is 0 Å². The Bertz CT molecular complexity index is 227. The van der Waals surface area contributed by atoms with Crippen molar-refractivity contribution >= 4 is 29.2 Å². The van der Waals surface area contributed by atoms with Gasteiger partial charge in [-0.25, -0.2) is 0 Å². The Hall–Kier alpha value is 0.520. The molecule has 15 heavy (non-hydrogen) atoms. The van der Waals surface area contributed by atoms with Gasteiger partial charge < -0.3 is 41.1 Å². The number of nitriles is 1. The molecule has 1 saturated carbocycles. The summed E-state index contributed by atoms with van der Waals surface area (Å²) in [6, 6.07) is 2.28. The average molecular weight is 258 g/mol. The summed E-state index contributed by atoms with van der Waals surface area (Å²) < 4.78 is 0.318. The molecule has 0 unspecified atom stereocenters. The molecule has 0 amide bonds. The predicted molar refractivity (Wildman–Crippen MR) is 61.8 cm³/mol. The van der Waals surface area contributed by atoms with Crippen LogP contribution in [-0.4, -0.2) is 20.8 Å². The fourth-order valence-electron chi connectivity index (χ4n) is 1.62. The Morgan fingerprint density at radius 3 is 2.07 bits per heavy atom. The van der Waals surface area contributed by atoms with E-state index < -0.39 is 5.54 Å². The largest absolute Gasteiger partial charge is 1.00 e. The van der Waals surface area contributed by atoms with E-state index in [1.165, 1.54) is 6.42 Å². The monoisotopic (exact) mass is 258 g/mol. The van der Waals surface area contributed by atoms with Gasteiger partial charge in [0.1, 0.15) is 5.54 Å². The minimum Gasteiger partial charge on any atom is -0.412 e. The first kappa shape index (κ1) is 20.9. The zero-order valence-corrected chi connectivity index (χ0v) is 12.4. The number of rotatable bonds is 1. The van der Waals surface area contributed by atoms with Crippen LogP contribution in [0, 0.1) is 11.3 Å². The first-order valence-corrected chi connectivity index (χ1v) is 4.91. The van der Waals surface area contributed by atoms with E-state index in [2.05, 4.69) is 11.4 Å². The van der Waals surface area contributed by atoms with Crippen LogP contribution >= 0.6 is 12.2 Å². The molecule has 0 saturated heterocycles. The van der Waals surface area contributed by atoms with Crippen LogP contribution in [0.15, 0.2) is 0 Å². The summed E-state index contributed by atoms with van der Waals surface area (Å²) in [6.45, 7) is 0. The summed E-state index contributed by atoms with van der Waals surface area (Å²) in [5, 5.41) is 11.9. The van der Waals surface area contributed by atoms with Gasteiger partial charge in [-0.2, -0.15) is 5.26 Å². The quantitative estimate of drug-likeness (QED) is 0.307. The van der Waals surface area contributed by atoms with Crippen LogP contribution in [0.1, 0.15) is 32.1 Å². The maximum absolute atomic E-state index is 8.97. The molecule has 0 heterocycles. The Kier molecular flexibility index (Phi) is 13.5. The van der Waals surface area contributed by atoms with E-state index in [1.807, 2.05) is 0 Å². The second kappa shape index (κ2) is 9.73. The maximum atomic E-state index is 8.97. The molecular weight excluding hydrogens is 243 g/mol. The molecule has 4 nitrogen and oxygen atoms in total.